The van der Waals surface area contributed by atoms with Crippen LogP contribution >= 0.6 is 11.6 Å². The number of methoxy groups -OCH3 is 1. The fraction of sp³-hybridized carbons (Fsp3) is 0.500. The first-order valence-corrected chi connectivity index (χ1v) is 8.97. The molecule has 0 radical (unpaired) electrons. The molecular formula is C18H20ClFN2O6. The van der Waals surface area contributed by atoms with Crippen LogP contribution in [0.2, 0.25) is 5.02 Å². The summed E-state index contributed by atoms with van der Waals surface area (Å²) in [6.07, 6.45) is 1.85. The van der Waals surface area contributed by atoms with Gasteiger partial charge in [-0.25, -0.2) is 9.18 Å². The van der Waals surface area contributed by atoms with Gasteiger partial charge in [0.2, 0.25) is 5.91 Å². The molecule has 152 valence electrons. The van der Waals surface area contributed by atoms with Crippen molar-refractivity contribution in [3.8, 4) is 5.75 Å². The van der Waals surface area contributed by atoms with E-state index in [0.717, 1.165) is 6.07 Å². The number of amides is 2. The van der Waals surface area contributed by atoms with Gasteiger partial charge in [-0.15, -0.1) is 0 Å². The van der Waals surface area contributed by atoms with Crippen LogP contribution < -0.4 is 15.4 Å². The molecule has 1 aromatic carbocycles. The molecule has 0 aliphatic heterocycles. The van der Waals surface area contributed by atoms with E-state index in [1.807, 2.05) is 0 Å². The van der Waals surface area contributed by atoms with Crippen molar-refractivity contribution in [2.24, 2.45) is 0 Å². The molecule has 0 heterocycles. The first kappa shape index (κ1) is 20.3. The van der Waals surface area contributed by atoms with Gasteiger partial charge in [0.05, 0.1) is 12.1 Å². The van der Waals surface area contributed by atoms with Crippen molar-refractivity contribution in [3.05, 3.63) is 29.0 Å². The van der Waals surface area contributed by atoms with Crippen LogP contribution in [0.1, 0.15) is 19.3 Å². The molecule has 8 nitrogen and oxygen atoms in total. The number of hydrogen-bond acceptors (Lipinski definition) is 6. The number of hydrogen-bond donors (Lipinski definition) is 2. The van der Waals surface area contributed by atoms with Crippen LogP contribution in [0.5, 0.6) is 5.75 Å². The van der Waals surface area contributed by atoms with Gasteiger partial charge in [-0.1, -0.05) is 11.6 Å². The third kappa shape index (κ3) is 4.53. The van der Waals surface area contributed by atoms with Crippen LogP contribution in [0.3, 0.4) is 0 Å². The lowest BCUT2D eigenvalue weighted by Gasteiger charge is -2.70. The van der Waals surface area contributed by atoms with Gasteiger partial charge in [0.1, 0.15) is 24.8 Å². The maximum Gasteiger partial charge on any atom is 0.331 e. The molecule has 2 amide bonds. The summed E-state index contributed by atoms with van der Waals surface area (Å²) in [6.45, 7) is -0.764. The quantitative estimate of drug-likeness (QED) is 0.583. The van der Waals surface area contributed by atoms with Crippen molar-refractivity contribution in [1.82, 2.24) is 10.6 Å². The van der Waals surface area contributed by atoms with Gasteiger partial charge in [-0.3, -0.25) is 9.59 Å². The predicted molar refractivity (Wildman–Crippen MR) is 95.3 cm³/mol. The summed E-state index contributed by atoms with van der Waals surface area (Å²) in [7, 11) is 1.24. The summed E-state index contributed by atoms with van der Waals surface area (Å²) in [6, 6.07) is 3.95. The molecule has 2 N–H and O–H groups in total. The SMILES string of the molecule is COC(=O)COCC(=O)NC12CC(NC(=O)COc3ccc(Cl)c(F)c3)(C1)C2. The molecule has 3 saturated carbocycles. The Balaban J connectivity index is 1.35. The van der Waals surface area contributed by atoms with Gasteiger partial charge in [0, 0.05) is 17.1 Å². The Morgan fingerprint density at radius 2 is 1.68 bits per heavy atom. The Kier molecular flexibility index (Phi) is 5.76. The third-order valence-electron chi connectivity index (χ3n) is 4.78. The first-order chi connectivity index (χ1) is 13.2. The zero-order valence-corrected chi connectivity index (χ0v) is 15.9. The number of rotatable bonds is 9. The standard InChI is InChI=1S/C18H20ClFN2O6/c1-26-16(25)7-27-5-14(23)21-17-8-18(9-17,10-17)22-15(24)6-28-11-2-3-12(19)13(20)4-11/h2-4H,5-10H2,1H3,(H,21,23)(H,22,24). The average molecular weight is 415 g/mol. The van der Waals surface area contributed by atoms with Gasteiger partial charge in [-0.2, -0.15) is 0 Å². The molecule has 3 aliphatic rings. The lowest BCUT2D eigenvalue weighted by molar-refractivity contribution is -0.154. The van der Waals surface area contributed by atoms with E-state index in [0.29, 0.717) is 19.3 Å². The second-order valence-corrected chi connectivity index (χ2v) is 7.53. The Labute approximate surface area is 165 Å². The largest absolute Gasteiger partial charge is 0.484 e. The highest BCUT2D eigenvalue weighted by atomic mass is 35.5. The number of esters is 1. The second-order valence-electron chi connectivity index (χ2n) is 7.12. The Morgan fingerprint density at radius 3 is 2.25 bits per heavy atom. The molecule has 1 aromatic rings. The van der Waals surface area contributed by atoms with Crippen LogP contribution in [-0.2, 0) is 23.9 Å². The van der Waals surface area contributed by atoms with E-state index < -0.39 is 11.8 Å². The van der Waals surface area contributed by atoms with Crippen molar-refractivity contribution in [2.45, 2.75) is 30.3 Å². The molecule has 0 atom stereocenters. The van der Waals surface area contributed by atoms with Gasteiger partial charge in [0.15, 0.2) is 6.61 Å². The fourth-order valence-electron chi connectivity index (χ4n) is 3.72. The topological polar surface area (TPSA) is 103 Å². The normalized spacial score (nSPS) is 24.4. The minimum absolute atomic E-state index is 0.0197. The highest BCUT2D eigenvalue weighted by Gasteiger charge is 2.69. The average Bonchev–Trinajstić information content (AvgIpc) is 2.59. The molecule has 28 heavy (non-hydrogen) atoms. The molecule has 4 rings (SSSR count). The van der Waals surface area contributed by atoms with E-state index in [4.69, 9.17) is 21.1 Å². The Hall–Kier alpha value is -2.39. The van der Waals surface area contributed by atoms with Crippen molar-refractivity contribution in [1.29, 1.82) is 0 Å². The number of halogens is 2. The molecule has 3 fully saturated rings. The minimum Gasteiger partial charge on any atom is -0.484 e. The number of benzene rings is 1. The highest BCUT2D eigenvalue weighted by molar-refractivity contribution is 6.30. The van der Waals surface area contributed by atoms with Crippen LogP contribution in [0, 0.1) is 5.82 Å². The maximum absolute atomic E-state index is 13.3. The summed E-state index contributed by atoms with van der Waals surface area (Å²) in [5, 5.41) is 5.74. The predicted octanol–water partition coefficient (Wildman–Crippen LogP) is 0.955. The number of carbonyl (C=O) groups excluding carboxylic acids is 3. The first-order valence-electron chi connectivity index (χ1n) is 8.59. The molecule has 3 aliphatic carbocycles. The van der Waals surface area contributed by atoms with E-state index in [1.165, 1.54) is 19.2 Å². The fourth-order valence-corrected chi connectivity index (χ4v) is 3.84. The Bertz CT molecular complexity index is 783. The molecule has 0 aromatic heterocycles. The van der Waals surface area contributed by atoms with E-state index >= 15 is 0 Å². The van der Waals surface area contributed by atoms with E-state index in [2.05, 4.69) is 15.4 Å². The van der Waals surface area contributed by atoms with Crippen molar-refractivity contribution < 1.29 is 33.0 Å². The van der Waals surface area contributed by atoms with Crippen LogP contribution in [-0.4, -0.2) is 55.8 Å². The summed E-state index contributed by atoms with van der Waals surface area (Å²) in [5.41, 5.74) is -0.676. The number of ether oxygens (including phenoxy) is 3. The van der Waals surface area contributed by atoms with E-state index in [9.17, 15) is 18.8 Å². The molecule has 2 bridgehead atoms. The number of nitrogens with one attached hydrogen (secondary N) is 2. The summed E-state index contributed by atoms with van der Waals surface area (Å²) < 4.78 is 28.0. The summed E-state index contributed by atoms with van der Waals surface area (Å²) >= 11 is 5.59. The zero-order chi connectivity index (χ0) is 20.4. The maximum atomic E-state index is 13.3. The Morgan fingerprint density at radius 1 is 1.07 bits per heavy atom. The molecular weight excluding hydrogens is 395 g/mol. The monoisotopic (exact) mass is 414 g/mol. The molecule has 0 saturated heterocycles. The lowest BCUT2D eigenvalue weighted by Crippen LogP contribution is -2.84. The zero-order valence-electron chi connectivity index (χ0n) is 15.2. The summed E-state index contributed by atoms with van der Waals surface area (Å²) in [5.74, 6) is -1.60. The van der Waals surface area contributed by atoms with Crippen LogP contribution in [0.25, 0.3) is 0 Å². The summed E-state index contributed by atoms with van der Waals surface area (Å²) in [4.78, 5) is 34.8. The van der Waals surface area contributed by atoms with Crippen molar-refractivity contribution in [3.63, 3.8) is 0 Å². The smallest absolute Gasteiger partial charge is 0.331 e. The van der Waals surface area contributed by atoms with Gasteiger partial charge < -0.3 is 24.8 Å². The molecule has 0 unspecified atom stereocenters. The molecule has 10 heteroatoms. The van der Waals surface area contributed by atoms with E-state index in [-0.39, 0.29) is 53.5 Å². The minimum atomic E-state index is -0.618. The lowest BCUT2D eigenvalue weighted by atomic mass is 9.44. The number of carbonyl (C=O) groups is 3. The highest BCUT2D eigenvalue weighted by Crippen LogP contribution is 2.60. The van der Waals surface area contributed by atoms with Gasteiger partial charge in [0.25, 0.3) is 5.91 Å². The van der Waals surface area contributed by atoms with E-state index in [1.54, 1.807) is 0 Å². The van der Waals surface area contributed by atoms with Gasteiger partial charge >= 0.3 is 5.97 Å². The molecule has 0 spiro atoms. The van der Waals surface area contributed by atoms with Gasteiger partial charge in [-0.05, 0) is 31.4 Å². The third-order valence-corrected chi connectivity index (χ3v) is 5.09. The van der Waals surface area contributed by atoms with Crippen LogP contribution in [0.4, 0.5) is 4.39 Å². The second kappa shape index (κ2) is 7.92. The van der Waals surface area contributed by atoms with Crippen molar-refractivity contribution >= 4 is 29.4 Å². The van der Waals surface area contributed by atoms with Crippen LogP contribution in [0.15, 0.2) is 18.2 Å². The van der Waals surface area contributed by atoms with Crippen molar-refractivity contribution in [2.75, 3.05) is 26.9 Å².